The minimum Gasteiger partial charge on any atom is -0.353 e. The maximum Gasteiger partial charge on any atom is 0.254 e. The summed E-state index contributed by atoms with van der Waals surface area (Å²) in [7, 11) is 0. The van der Waals surface area contributed by atoms with Crippen molar-refractivity contribution in [3.05, 3.63) is 47.9 Å². The van der Waals surface area contributed by atoms with E-state index in [4.69, 9.17) is 0 Å². The Morgan fingerprint density at radius 1 is 1.12 bits per heavy atom. The lowest BCUT2D eigenvalue weighted by Gasteiger charge is -2.35. The molecule has 0 aliphatic carbocycles. The van der Waals surface area contributed by atoms with Gasteiger partial charge in [-0.05, 0) is 23.8 Å². The number of aromatic nitrogens is 2. The van der Waals surface area contributed by atoms with Crippen LogP contribution in [0.1, 0.15) is 15.9 Å². The molecule has 122 valence electrons. The van der Waals surface area contributed by atoms with Crippen LogP contribution in [-0.2, 0) is 11.2 Å². The van der Waals surface area contributed by atoms with E-state index in [-0.39, 0.29) is 18.2 Å². The first kappa shape index (κ1) is 14.6. The van der Waals surface area contributed by atoms with E-state index in [0.29, 0.717) is 18.7 Å². The van der Waals surface area contributed by atoms with Crippen molar-refractivity contribution in [2.75, 3.05) is 36.4 Å². The number of nitrogens with zero attached hydrogens (tertiary/aromatic N) is 4. The molecule has 3 heterocycles. The minimum atomic E-state index is -0.0566. The molecule has 1 aromatic heterocycles. The maximum absolute atomic E-state index is 12.9. The number of anilines is 2. The highest BCUT2D eigenvalue weighted by atomic mass is 16.2. The molecule has 24 heavy (non-hydrogen) atoms. The highest BCUT2D eigenvalue weighted by Gasteiger charge is 2.28. The summed E-state index contributed by atoms with van der Waals surface area (Å²) in [6, 6.07) is 7.33. The van der Waals surface area contributed by atoms with E-state index in [2.05, 4.69) is 20.2 Å². The fraction of sp³-hybridized carbons (Fsp3) is 0.294. The van der Waals surface area contributed by atoms with E-state index in [1.165, 1.54) is 6.33 Å². The number of hydrogen-bond acceptors (Lipinski definition) is 5. The van der Waals surface area contributed by atoms with Gasteiger partial charge in [-0.15, -0.1) is 0 Å². The van der Waals surface area contributed by atoms with Crippen molar-refractivity contribution in [1.29, 1.82) is 0 Å². The molecule has 1 N–H and O–H groups in total. The van der Waals surface area contributed by atoms with Crippen molar-refractivity contribution in [2.45, 2.75) is 6.42 Å². The van der Waals surface area contributed by atoms with Crippen LogP contribution < -0.4 is 10.2 Å². The van der Waals surface area contributed by atoms with E-state index in [9.17, 15) is 9.59 Å². The maximum atomic E-state index is 12.9. The summed E-state index contributed by atoms with van der Waals surface area (Å²) < 4.78 is 0. The topological polar surface area (TPSA) is 78.4 Å². The van der Waals surface area contributed by atoms with Crippen LogP contribution in [-0.4, -0.2) is 52.9 Å². The van der Waals surface area contributed by atoms with Gasteiger partial charge in [0.25, 0.3) is 5.91 Å². The van der Waals surface area contributed by atoms with Crippen molar-refractivity contribution in [3.8, 4) is 0 Å². The van der Waals surface area contributed by atoms with Crippen LogP contribution in [0.25, 0.3) is 0 Å². The Labute approximate surface area is 139 Å². The number of carbonyl (C=O) groups is 2. The molecule has 2 aromatic rings. The molecule has 4 rings (SSSR count). The Balaban J connectivity index is 1.48. The van der Waals surface area contributed by atoms with Gasteiger partial charge in [-0.25, -0.2) is 9.97 Å². The minimum absolute atomic E-state index is 0.00862. The Bertz CT molecular complexity index is 785. The number of benzene rings is 1. The molecule has 2 amide bonds. The Morgan fingerprint density at radius 3 is 2.71 bits per heavy atom. The van der Waals surface area contributed by atoms with Crippen LogP contribution in [0.5, 0.6) is 0 Å². The van der Waals surface area contributed by atoms with Crippen LogP contribution in [0, 0.1) is 0 Å². The second-order valence-corrected chi connectivity index (χ2v) is 5.90. The predicted molar refractivity (Wildman–Crippen MR) is 88.9 cm³/mol. The van der Waals surface area contributed by atoms with Crippen LogP contribution in [0.15, 0.2) is 36.8 Å². The number of hydrogen-bond donors (Lipinski definition) is 1. The molecule has 1 saturated heterocycles. The van der Waals surface area contributed by atoms with E-state index >= 15 is 0 Å². The lowest BCUT2D eigenvalue weighted by Crippen LogP contribution is -2.49. The molecule has 0 saturated carbocycles. The Hall–Kier alpha value is -2.96. The Kier molecular flexibility index (Phi) is 3.60. The largest absolute Gasteiger partial charge is 0.353 e. The van der Waals surface area contributed by atoms with Crippen molar-refractivity contribution in [3.63, 3.8) is 0 Å². The van der Waals surface area contributed by atoms with Gasteiger partial charge < -0.3 is 15.1 Å². The monoisotopic (exact) mass is 323 g/mol. The molecule has 0 unspecified atom stereocenters. The number of carbonyl (C=O) groups excluding carboxylic acids is 2. The first-order chi connectivity index (χ1) is 11.7. The molecule has 0 spiro atoms. The van der Waals surface area contributed by atoms with Gasteiger partial charge in [0.15, 0.2) is 0 Å². The molecule has 0 atom stereocenters. The predicted octanol–water partition coefficient (Wildman–Crippen LogP) is 0.934. The van der Waals surface area contributed by atoms with Gasteiger partial charge in [0.1, 0.15) is 12.1 Å². The van der Waals surface area contributed by atoms with Crippen LogP contribution in [0.2, 0.25) is 0 Å². The number of nitrogens with one attached hydrogen (secondary N) is 1. The molecule has 2 aliphatic rings. The summed E-state index contributed by atoms with van der Waals surface area (Å²) in [5, 5.41) is 2.79. The fourth-order valence-electron chi connectivity index (χ4n) is 3.23. The summed E-state index contributed by atoms with van der Waals surface area (Å²) in [5.41, 5.74) is 2.19. The highest BCUT2D eigenvalue weighted by Crippen LogP contribution is 2.27. The van der Waals surface area contributed by atoms with E-state index in [0.717, 1.165) is 30.2 Å². The number of rotatable bonds is 2. The van der Waals surface area contributed by atoms with Crippen LogP contribution in [0.3, 0.4) is 0 Å². The number of piperazine rings is 1. The zero-order chi connectivity index (χ0) is 16.5. The average molecular weight is 323 g/mol. The normalized spacial score (nSPS) is 16.8. The SMILES string of the molecule is O=C1Cc2c(cccc2C(=O)N2CCN(c3ccncn3)CC2)N1. The van der Waals surface area contributed by atoms with Gasteiger partial charge in [-0.3, -0.25) is 9.59 Å². The first-order valence-corrected chi connectivity index (χ1v) is 7.94. The zero-order valence-corrected chi connectivity index (χ0v) is 13.1. The van der Waals surface area contributed by atoms with Crippen molar-refractivity contribution >= 4 is 23.3 Å². The fourth-order valence-corrected chi connectivity index (χ4v) is 3.23. The summed E-state index contributed by atoms with van der Waals surface area (Å²) >= 11 is 0. The molecule has 2 aliphatic heterocycles. The second-order valence-electron chi connectivity index (χ2n) is 5.90. The van der Waals surface area contributed by atoms with E-state index < -0.39 is 0 Å². The van der Waals surface area contributed by atoms with Crippen LogP contribution in [0.4, 0.5) is 11.5 Å². The van der Waals surface area contributed by atoms with Gasteiger partial charge in [-0.1, -0.05) is 6.07 Å². The van der Waals surface area contributed by atoms with E-state index in [1.807, 2.05) is 23.1 Å². The van der Waals surface area contributed by atoms with Gasteiger partial charge in [0.2, 0.25) is 5.91 Å². The molecule has 7 heteroatoms. The van der Waals surface area contributed by atoms with E-state index in [1.54, 1.807) is 12.3 Å². The van der Waals surface area contributed by atoms with Gasteiger partial charge in [-0.2, -0.15) is 0 Å². The summed E-state index contributed by atoms with van der Waals surface area (Å²) in [4.78, 5) is 36.6. The standard InChI is InChI=1S/C17H17N5O2/c23-16-10-13-12(2-1-3-14(13)20-16)17(24)22-8-6-21(7-9-22)15-4-5-18-11-19-15/h1-5,11H,6-10H2,(H,20,23). The van der Waals surface area contributed by atoms with Gasteiger partial charge in [0.05, 0.1) is 6.42 Å². The smallest absolute Gasteiger partial charge is 0.254 e. The Morgan fingerprint density at radius 2 is 1.96 bits per heavy atom. The molecule has 0 radical (unpaired) electrons. The average Bonchev–Trinajstić information content (AvgIpc) is 3.02. The van der Waals surface area contributed by atoms with Gasteiger partial charge >= 0.3 is 0 Å². The molecular weight excluding hydrogens is 306 g/mol. The summed E-state index contributed by atoms with van der Waals surface area (Å²) in [5.74, 6) is 0.817. The third kappa shape index (κ3) is 2.58. The second kappa shape index (κ2) is 5.92. The summed E-state index contributed by atoms with van der Waals surface area (Å²) in [6.45, 7) is 2.73. The van der Waals surface area contributed by atoms with Crippen LogP contribution >= 0.6 is 0 Å². The van der Waals surface area contributed by atoms with Crippen molar-refractivity contribution in [1.82, 2.24) is 14.9 Å². The lowest BCUT2D eigenvalue weighted by atomic mass is 10.0. The number of amides is 2. The quantitative estimate of drug-likeness (QED) is 0.890. The highest BCUT2D eigenvalue weighted by molar-refractivity contribution is 6.05. The molecule has 1 fully saturated rings. The summed E-state index contributed by atoms with van der Waals surface area (Å²) in [6.07, 6.45) is 3.53. The molecule has 7 nitrogen and oxygen atoms in total. The van der Waals surface area contributed by atoms with Crippen molar-refractivity contribution in [2.24, 2.45) is 0 Å². The molecule has 1 aromatic carbocycles. The molecular formula is C17H17N5O2. The first-order valence-electron chi connectivity index (χ1n) is 7.94. The lowest BCUT2D eigenvalue weighted by molar-refractivity contribution is -0.115. The zero-order valence-electron chi connectivity index (χ0n) is 13.1. The number of fused-ring (bicyclic) bond motifs is 1. The molecule has 0 bridgehead atoms. The van der Waals surface area contributed by atoms with Crippen molar-refractivity contribution < 1.29 is 9.59 Å². The van der Waals surface area contributed by atoms with Gasteiger partial charge in [0, 0.05) is 43.6 Å². The third-order valence-electron chi connectivity index (χ3n) is 4.48. The third-order valence-corrected chi connectivity index (χ3v) is 4.48.